The van der Waals surface area contributed by atoms with Gasteiger partial charge >= 0.3 is 0 Å². The zero-order chi connectivity index (χ0) is 15.7. The Morgan fingerprint density at radius 2 is 2.05 bits per heavy atom. The molecule has 0 bridgehead atoms. The van der Waals surface area contributed by atoms with Gasteiger partial charge in [0.15, 0.2) is 0 Å². The number of hydrogen-bond acceptors (Lipinski definition) is 3. The standard InChI is InChI=1S/C17H14N2O3/c1-10-6-2-4-8-12(10)18-16(21)14-15(20)11-7-3-5-9-13(11)19-17(14)22/h2-9,11,20H,1H3,(H,18,21). The van der Waals surface area contributed by atoms with Gasteiger partial charge in [-0.15, -0.1) is 0 Å². The van der Waals surface area contributed by atoms with Crippen molar-refractivity contribution in [2.24, 2.45) is 10.9 Å². The summed E-state index contributed by atoms with van der Waals surface area (Å²) in [6.07, 6.45) is 6.82. The highest BCUT2D eigenvalue weighted by atomic mass is 16.3. The van der Waals surface area contributed by atoms with Crippen LogP contribution in [-0.2, 0) is 9.59 Å². The molecular formula is C17H14N2O3. The molecule has 110 valence electrons. The lowest BCUT2D eigenvalue weighted by Gasteiger charge is -2.21. The highest BCUT2D eigenvalue weighted by Crippen LogP contribution is 2.26. The molecule has 1 unspecified atom stereocenters. The first-order valence-electron chi connectivity index (χ1n) is 6.86. The molecule has 1 atom stereocenters. The van der Waals surface area contributed by atoms with Crippen LogP contribution in [0, 0.1) is 12.8 Å². The molecule has 2 amide bonds. The minimum Gasteiger partial charge on any atom is -0.510 e. The van der Waals surface area contributed by atoms with Crippen molar-refractivity contribution in [3.63, 3.8) is 0 Å². The normalized spacial score (nSPS) is 19.8. The van der Waals surface area contributed by atoms with Crippen LogP contribution in [0.1, 0.15) is 5.56 Å². The van der Waals surface area contributed by atoms with Gasteiger partial charge in [0.25, 0.3) is 11.8 Å². The molecule has 0 fully saturated rings. The molecule has 0 spiro atoms. The van der Waals surface area contributed by atoms with Crippen molar-refractivity contribution in [1.82, 2.24) is 0 Å². The number of fused-ring (bicyclic) bond motifs is 1. The Kier molecular flexibility index (Phi) is 3.47. The van der Waals surface area contributed by atoms with Gasteiger partial charge in [-0.05, 0) is 24.6 Å². The van der Waals surface area contributed by atoms with E-state index in [2.05, 4.69) is 10.3 Å². The number of para-hydroxylation sites is 1. The number of nitrogens with zero attached hydrogens (tertiary/aromatic N) is 1. The van der Waals surface area contributed by atoms with E-state index in [4.69, 9.17) is 0 Å². The molecule has 1 aromatic rings. The number of aryl methyl sites for hydroxylation is 1. The summed E-state index contributed by atoms with van der Waals surface area (Å²) in [5, 5.41) is 12.9. The van der Waals surface area contributed by atoms with E-state index in [0.29, 0.717) is 11.4 Å². The lowest BCUT2D eigenvalue weighted by molar-refractivity contribution is -0.119. The number of rotatable bonds is 2. The summed E-state index contributed by atoms with van der Waals surface area (Å²) in [6, 6.07) is 7.21. The molecule has 2 aliphatic rings. The number of aliphatic hydroxyl groups excluding tert-OH is 1. The Labute approximate surface area is 127 Å². The van der Waals surface area contributed by atoms with Gasteiger partial charge < -0.3 is 10.4 Å². The van der Waals surface area contributed by atoms with Crippen molar-refractivity contribution in [1.29, 1.82) is 0 Å². The number of dihydropyridines is 1. The van der Waals surface area contributed by atoms with Gasteiger partial charge in [-0.2, -0.15) is 0 Å². The first-order chi connectivity index (χ1) is 10.6. The smallest absolute Gasteiger partial charge is 0.286 e. The van der Waals surface area contributed by atoms with E-state index < -0.39 is 17.7 Å². The monoisotopic (exact) mass is 294 g/mol. The van der Waals surface area contributed by atoms with Crippen LogP contribution in [-0.4, -0.2) is 22.6 Å². The molecule has 3 rings (SSSR count). The number of aliphatic hydroxyl groups is 1. The molecule has 0 aromatic heterocycles. The van der Waals surface area contributed by atoms with E-state index in [1.54, 1.807) is 36.4 Å². The second-order valence-corrected chi connectivity index (χ2v) is 5.09. The fourth-order valence-corrected chi connectivity index (χ4v) is 2.42. The summed E-state index contributed by atoms with van der Waals surface area (Å²) in [4.78, 5) is 28.3. The van der Waals surface area contributed by atoms with Gasteiger partial charge in [0.1, 0.15) is 11.3 Å². The van der Waals surface area contributed by atoms with Crippen molar-refractivity contribution in [3.05, 3.63) is 65.5 Å². The third-order valence-electron chi connectivity index (χ3n) is 3.62. The summed E-state index contributed by atoms with van der Waals surface area (Å²) in [5.41, 5.74) is 1.59. The molecular weight excluding hydrogens is 280 g/mol. The maximum atomic E-state index is 12.4. The summed E-state index contributed by atoms with van der Waals surface area (Å²) >= 11 is 0. The van der Waals surface area contributed by atoms with E-state index in [1.807, 2.05) is 19.1 Å². The van der Waals surface area contributed by atoms with E-state index in [0.717, 1.165) is 5.56 Å². The van der Waals surface area contributed by atoms with Crippen molar-refractivity contribution in [2.75, 3.05) is 5.32 Å². The fraction of sp³-hybridized carbons (Fsp3) is 0.118. The second kappa shape index (κ2) is 5.44. The molecule has 1 aliphatic carbocycles. The third-order valence-corrected chi connectivity index (χ3v) is 3.62. The molecule has 5 heteroatoms. The Morgan fingerprint density at radius 1 is 1.27 bits per heavy atom. The number of anilines is 1. The molecule has 22 heavy (non-hydrogen) atoms. The van der Waals surface area contributed by atoms with Gasteiger partial charge in [0.05, 0.1) is 11.6 Å². The van der Waals surface area contributed by atoms with Crippen LogP contribution < -0.4 is 5.32 Å². The Bertz CT molecular complexity index is 785. The lowest BCUT2D eigenvalue weighted by atomic mass is 9.90. The van der Waals surface area contributed by atoms with Crippen molar-refractivity contribution < 1.29 is 14.7 Å². The van der Waals surface area contributed by atoms with Gasteiger partial charge in [-0.1, -0.05) is 36.4 Å². The molecule has 0 saturated carbocycles. The van der Waals surface area contributed by atoms with Gasteiger partial charge in [-0.25, -0.2) is 4.99 Å². The molecule has 1 heterocycles. The number of nitrogens with one attached hydrogen (secondary N) is 1. The molecule has 1 aromatic carbocycles. The topological polar surface area (TPSA) is 78.8 Å². The summed E-state index contributed by atoms with van der Waals surface area (Å²) in [5.74, 6) is -2.18. The minimum absolute atomic E-state index is 0.262. The van der Waals surface area contributed by atoms with Crippen molar-refractivity contribution in [2.45, 2.75) is 6.92 Å². The number of hydrogen-bond donors (Lipinski definition) is 2. The SMILES string of the molecule is Cc1ccccc1NC(=O)C1=C(O)C2C=CC=CC2=NC1=O. The maximum Gasteiger partial charge on any atom is 0.286 e. The predicted octanol–water partition coefficient (Wildman–Crippen LogP) is 2.47. The number of allylic oxidation sites excluding steroid dienone is 4. The molecule has 1 aliphatic heterocycles. The van der Waals surface area contributed by atoms with Gasteiger partial charge in [0.2, 0.25) is 0 Å². The van der Waals surface area contributed by atoms with Crippen LogP contribution in [0.2, 0.25) is 0 Å². The van der Waals surface area contributed by atoms with E-state index >= 15 is 0 Å². The van der Waals surface area contributed by atoms with Crippen LogP contribution in [0.3, 0.4) is 0 Å². The molecule has 0 radical (unpaired) electrons. The summed E-state index contributed by atoms with van der Waals surface area (Å²) in [7, 11) is 0. The van der Waals surface area contributed by atoms with Crippen molar-refractivity contribution in [3.8, 4) is 0 Å². The van der Waals surface area contributed by atoms with Crippen LogP contribution >= 0.6 is 0 Å². The van der Waals surface area contributed by atoms with E-state index in [-0.39, 0.29) is 11.3 Å². The maximum absolute atomic E-state index is 12.4. The zero-order valence-corrected chi connectivity index (χ0v) is 11.9. The summed E-state index contributed by atoms with van der Waals surface area (Å²) < 4.78 is 0. The number of amides is 2. The summed E-state index contributed by atoms with van der Waals surface area (Å²) in [6.45, 7) is 1.84. The number of benzene rings is 1. The molecule has 5 nitrogen and oxygen atoms in total. The number of aliphatic imine (C=N–C) groups is 1. The van der Waals surface area contributed by atoms with Gasteiger partial charge in [0, 0.05) is 5.69 Å². The number of carbonyl (C=O) groups excluding carboxylic acids is 2. The Hall–Kier alpha value is -2.95. The quantitative estimate of drug-likeness (QED) is 0.822. The molecule has 0 saturated heterocycles. The van der Waals surface area contributed by atoms with Crippen LogP contribution in [0.15, 0.2) is 64.9 Å². The highest BCUT2D eigenvalue weighted by molar-refractivity contribution is 6.28. The van der Waals surface area contributed by atoms with Crippen molar-refractivity contribution >= 4 is 23.2 Å². The first-order valence-corrected chi connectivity index (χ1v) is 6.86. The minimum atomic E-state index is -0.727. The third kappa shape index (κ3) is 2.37. The van der Waals surface area contributed by atoms with Gasteiger partial charge in [-0.3, -0.25) is 9.59 Å². The van der Waals surface area contributed by atoms with E-state index in [1.165, 1.54) is 0 Å². The average molecular weight is 294 g/mol. The first kappa shape index (κ1) is 14.0. The Balaban J connectivity index is 1.92. The predicted molar refractivity (Wildman–Crippen MR) is 83.7 cm³/mol. The Morgan fingerprint density at radius 3 is 2.82 bits per heavy atom. The van der Waals surface area contributed by atoms with Crippen LogP contribution in [0.25, 0.3) is 0 Å². The van der Waals surface area contributed by atoms with E-state index in [9.17, 15) is 14.7 Å². The molecule has 2 N–H and O–H groups in total. The fourth-order valence-electron chi connectivity index (χ4n) is 2.42. The largest absolute Gasteiger partial charge is 0.510 e. The average Bonchev–Trinajstić information content (AvgIpc) is 2.49. The highest BCUT2D eigenvalue weighted by Gasteiger charge is 2.34. The lowest BCUT2D eigenvalue weighted by Crippen LogP contribution is -2.30. The number of carbonyl (C=O) groups is 2. The van der Waals surface area contributed by atoms with Crippen LogP contribution in [0.4, 0.5) is 5.69 Å². The van der Waals surface area contributed by atoms with Crippen LogP contribution in [0.5, 0.6) is 0 Å². The second-order valence-electron chi connectivity index (χ2n) is 5.09. The zero-order valence-electron chi connectivity index (χ0n) is 11.9.